The number of carbonyl (C=O) groups is 3. The third-order valence-electron chi connectivity index (χ3n) is 7.08. The van der Waals surface area contributed by atoms with Crippen LogP contribution in [0.2, 0.25) is 0 Å². The van der Waals surface area contributed by atoms with Gasteiger partial charge in [-0.15, -0.1) is 0 Å². The van der Waals surface area contributed by atoms with Crippen LogP contribution in [-0.2, 0) is 19.1 Å². The molecule has 9 nitrogen and oxygen atoms in total. The van der Waals surface area contributed by atoms with Gasteiger partial charge in [0.25, 0.3) is 0 Å². The Balaban J connectivity index is 1.31. The number of hydrogen-bond donors (Lipinski definition) is 1. The van der Waals surface area contributed by atoms with Crippen LogP contribution in [-0.4, -0.2) is 56.0 Å². The van der Waals surface area contributed by atoms with Crippen molar-refractivity contribution in [2.75, 3.05) is 33.0 Å². The molecule has 250 valence electrons. The lowest BCUT2D eigenvalue weighted by Gasteiger charge is -2.09. The van der Waals surface area contributed by atoms with Gasteiger partial charge >= 0.3 is 17.9 Å². The summed E-state index contributed by atoms with van der Waals surface area (Å²) in [5.74, 6) is 0.525. The van der Waals surface area contributed by atoms with Crippen LogP contribution in [0.3, 0.4) is 0 Å². The molecule has 3 aromatic rings. The minimum Gasteiger partial charge on any atom is -0.494 e. The van der Waals surface area contributed by atoms with E-state index in [1.807, 2.05) is 36.4 Å². The topological polar surface area (TPSA) is 118 Å². The van der Waals surface area contributed by atoms with Gasteiger partial charge in [-0.3, -0.25) is 0 Å². The van der Waals surface area contributed by atoms with E-state index in [4.69, 9.17) is 28.8 Å². The fourth-order valence-corrected chi connectivity index (χ4v) is 4.37. The van der Waals surface area contributed by atoms with Crippen LogP contribution in [0, 0.1) is 0 Å². The Hall–Kier alpha value is -4.89. The van der Waals surface area contributed by atoms with Gasteiger partial charge in [-0.1, -0.05) is 37.4 Å². The van der Waals surface area contributed by atoms with Gasteiger partial charge in [-0.05, 0) is 111 Å². The lowest BCUT2D eigenvalue weighted by atomic mass is 10.0. The van der Waals surface area contributed by atoms with E-state index in [9.17, 15) is 14.4 Å². The monoisotopic (exact) mass is 644 g/mol. The lowest BCUT2D eigenvalue weighted by Crippen LogP contribution is -2.10. The third-order valence-corrected chi connectivity index (χ3v) is 7.08. The number of esters is 3. The quantitative estimate of drug-likeness (QED) is 0.0521. The molecule has 47 heavy (non-hydrogen) atoms. The second-order valence-electron chi connectivity index (χ2n) is 10.8. The minimum absolute atomic E-state index is 0.0652. The Morgan fingerprint density at radius 1 is 0.596 bits per heavy atom. The van der Waals surface area contributed by atoms with Crippen LogP contribution in [0.5, 0.6) is 17.2 Å². The Kier molecular flexibility index (Phi) is 16.3. The van der Waals surface area contributed by atoms with E-state index in [2.05, 4.69) is 13.2 Å². The second-order valence-corrected chi connectivity index (χ2v) is 10.8. The zero-order chi connectivity index (χ0) is 33.7. The van der Waals surface area contributed by atoms with E-state index in [1.165, 1.54) is 0 Å². The van der Waals surface area contributed by atoms with E-state index in [0.717, 1.165) is 74.3 Å². The molecule has 3 rings (SSSR count). The molecule has 0 unspecified atom stereocenters. The zero-order valence-corrected chi connectivity index (χ0v) is 26.8. The molecular weight excluding hydrogens is 600 g/mol. The van der Waals surface area contributed by atoms with E-state index in [-0.39, 0.29) is 5.57 Å². The molecule has 0 saturated carbocycles. The average Bonchev–Trinajstić information content (AvgIpc) is 3.10. The Morgan fingerprint density at radius 2 is 1.04 bits per heavy atom. The third kappa shape index (κ3) is 14.0. The van der Waals surface area contributed by atoms with Crippen molar-refractivity contribution >= 4 is 17.9 Å². The van der Waals surface area contributed by atoms with E-state index >= 15 is 0 Å². The molecule has 0 bridgehead atoms. The van der Waals surface area contributed by atoms with Gasteiger partial charge in [0.2, 0.25) is 0 Å². The molecule has 0 aliphatic rings. The van der Waals surface area contributed by atoms with Crippen LogP contribution >= 0.6 is 0 Å². The highest BCUT2D eigenvalue weighted by Crippen LogP contribution is 2.24. The Morgan fingerprint density at radius 3 is 1.55 bits per heavy atom. The van der Waals surface area contributed by atoms with Crippen LogP contribution in [0.15, 0.2) is 97.6 Å². The molecule has 0 atom stereocenters. The summed E-state index contributed by atoms with van der Waals surface area (Å²) in [6, 6.07) is 22.0. The molecule has 0 heterocycles. The fourth-order valence-electron chi connectivity index (χ4n) is 4.37. The van der Waals surface area contributed by atoms with Gasteiger partial charge in [0.15, 0.2) is 0 Å². The lowest BCUT2D eigenvalue weighted by molar-refractivity contribution is -0.140. The van der Waals surface area contributed by atoms with Gasteiger partial charge in [-0.25, -0.2) is 14.4 Å². The Labute approximate surface area is 276 Å². The fraction of sp³-hybridized carbons (Fsp3) is 0.342. The largest absolute Gasteiger partial charge is 0.494 e. The van der Waals surface area contributed by atoms with Gasteiger partial charge in [0, 0.05) is 6.08 Å². The van der Waals surface area contributed by atoms with Crippen molar-refractivity contribution in [3.63, 3.8) is 0 Å². The molecule has 0 amide bonds. The molecule has 1 N–H and O–H groups in total. The number of benzene rings is 3. The first-order valence-corrected chi connectivity index (χ1v) is 15.9. The maximum absolute atomic E-state index is 12.7. The number of unbranched alkanes of at least 4 members (excludes halogenated alkanes) is 6. The molecule has 0 fully saturated rings. The van der Waals surface area contributed by atoms with Crippen LogP contribution < -0.4 is 14.2 Å². The van der Waals surface area contributed by atoms with Gasteiger partial charge in [-0.2, -0.15) is 0 Å². The zero-order valence-electron chi connectivity index (χ0n) is 26.8. The van der Waals surface area contributed by atoms with Crippen LogP contribution in [0.25, 0.3) is 11.1 Å². The minimum atomic E-state index is -0.550. The smallest absolute Gasteiger partial charge is 0.343 e. The molecule has 0 aliphatic carbocycles. The molecule has 0 saturated heterocycles. The summed E-state index contributed by atoms with van der Waals surface area (Å²) >= 11 is 0. The summed E-state index contributed by atoms with van der Waals surface area (Å²) in [4.78, 5) is 35.1. The second kappa shape index (κ2) is 21.0. The molecule has 0 spiro atoms. The van der Waals surface area contributed by atoms with Crippen molar-refractivity contribution < 1.29 is 43.2 Å². The average molecular weight is 645 g/mol. The standard InChI is InChI=1S/C38H44O9/c1-3-36(40)45-26-10-6-4-8-25-44-34-20-22-35(23-21-34)47-38(42)32-14-12-30(13-15-32)31-16-18-33(19-17-31)43-24-9-5-7-11-27-46-37(41)29(2)28-39/h3,12-23,39H,1-2,4-11,24-28H2. The van der Waals surface area contributed by atoms with Crippen molar-refractivity contribution in [1.29, 1.82) is 0 Å². The summed E-state index contributed by atoms with van der Waals surface area (Å²) in [5, 5.41) is 8.86. The van der Waals surface area contributed by atoms with Gasteiger partial charge in [0.05, 0.1) is 44.2 Å². The predicted molar refractivity (Wildman–Crippen MR) is 180 cm³/mol. The predicted octanol–water partition coefficient (Wildman–Crippen LogP) is 7.27. The van der Waals surface area contributed by atoms with Crippen molar-refractivity contribution in [3.8, 4) is 28.4 Å². The van der Waals surface area contributed by atoms with Crippen molar-refractivity contribution in [1.82, 2.24) is 0 Å². The van der Waals surface area contributed by atoms with Gasteiger partial charge < -0.3 is 28.8 Å². The van der Waals surface area contributed by atoms with Crippen molar-refractivity contribution in [3.05, 3.63) is 103 Å². The number of carbonyl (C=O) groups excluding carboxylic acids is 3. The maximum atomic E-state index is 12.7. The number of aliphatic hydroxyl groups excluding tert-OH is 1. The first kappa shape index (κ1) is 36.6. The number of hydrogen-bond acceptors (Lipinski definition) is 9. The molecule has 0 aliphatic heterocycles. The summed E-state index contributed by atoms with van der Waals surface area (Å²) in [5.41, 5.74) is 2.48. The van der Waals surface area contributed by atoms with Crippen LogP contribution in [0.4, 0.5) is 0 Å². The molecule has 0 radical (unpaired) electrons. The van der Waals surface area contributed by atoms with Crippen LogP contribution in [0.1, 0.15) is 61.7 Å². The summed E-state index contributed by atoms with van der Waals surface area (Å²) in [6.45, 7) is 8.29. The summed E-state index contributed by atoms with van der Waals surface area (Å²) < 4.78 is 27.1. The molecular formula is C38H44O9. The highest BCUT2D eigenvalue weighted by molar-refractivity contribution is 5.91. The first-order chi connectivity index (χ1) is 22.9. The molecule has 3 aromatic carbocycles. The highest BCUT2D eigenvalue weighted by Gasteiger charge is 2.10. The number of ether oxygens (including phenoxy) is 5. The SMILES string of the molecule is C=CC(=O)OCCCCCCOc1ccc(OC(=O)c2ccc(-c3ccc(OCCCCCCOC(=O)C(=C)CO)cc3)cc2)cc1. The Bertz CT molecular complexity index is 1410. The first-order valence-electron chi connectivity index (χ1n) is 15.9. The number of aliphatic hydroxyl groups is 1. The molecule has 0 aromatic heterocycles. The van der Waals surface area contributed by atoms with E-state index in [0.29, 0.717) is 43.5 Å². The maximum Gasteiger partial charge on any atom is 0.343 e. The summed E-state index contributed by atoms with van der Waals surface area (Å²) in [6.07, 6.45) is 8.27. The summed E-state index contributed by atoms with van der Waals surface area (Å²) in [7, 11) is 0. The normalized spacial score (nSPS) is 10.5. The van der Waals surface area contributed by atoms with Crippen molar-refractivity contribution in [2.45, 2.75) is 51.4 Å². The highest BCUT2D eigenvalue weighted by atomic mass is 16.5. The van der Waals surface area contributed by atoms with Gasteiger partial charge in [0.1, 0.15) is 17.2 Å². The van der Waals surface area contributed by atoms with Crippen molar-refractivity contribution in [2.24, 2.45) is 0 Å². The molecule has 9 heteroatoms. The van der Waals surface area contributed by atoms with E-state index in [1.54, 1.807) is 36.4 Å². The van der Waals surface area contributed by atoms with E-state index < -0.39 is 24.5 Å². The number of rotatable bonds is 22.